The lowest BCUT2D eigenvalue weighted by Crippen LogP contribution is -2.35. The molecular formula is C63H70ClN11O4. The third-order valence-electron chi connectivity index (χ3n) is 16.2. The standard InChI is InChI=1S/C27H25N5O2.C24H22ClN3O2.C9H19N.C3H4N2/c33-24-9-4-3-8-23(24)31-17-29-26-21-7-2-1-6-20(21)19(15-22(26)27(31)34)14-18-10-11-25(28-16-18)32-13-5-12-30-32;25-22-10-9-15(13-26-22)11-16-12-19-23(18-6-2-1-5-17(16)18)27-14-28(24(19)30)20-7-3-4-8-21(20)29;1-3-8-6-4-5-7-9(8)10-2;1-2-4-5-3-1/h1-2,5-7,10-13,15-17,23-24,33H,3-4,8-9,14H2;1-2,5-6,9-10,12-14,20-21,29H,3-4,7-8,11H2;8-10H,3-7H2,1-2H3;1-3H,(H,4,5)/t23-,24-;20-,21-;8-,9-;/m001./s1. The molecule has 408 valence electrons. The topological polar surface area (TPSA) is 195 Å². The summed E-state index contributed by atoms with van der Waals surface area (Å²) in [6.07, 6.45) is 28.3. The van der Waals surface area contributed by atoms with Crippen LogP contribution in [-0.4, -0.2) is 84.6 Å². The van der Waals surface area contributed by atoms with Crippen molar-refractivity contribution in [2.45, 2.75) is 134 Å². The van der Waals surface area contributed by atoms with Crippen LogP contribution in [-0.2, 0) is 12.8 Å². The van der Waals surface area contributed by atoms with Crippen LogP contribution in [0.5, 0.6) is 0 Å². The molecule has 6 aromatic heterocycles. The summed E-state index contributed by atoms with van der Waals surface area (Å²) in [7, 11) is 2.10. The molecule has 13 rings (SSSR count). The molecule has 4 aromatic carbocycles. The Morgan fingerprint density at radius 3 is 1.59 bits per heavy atom. The zero-order valence-electron chi connectivity index (χ0n) is 45.0. The Kier molecular flexibility index (Phi) is 18.1. The number of aromatic nitrogens is 10. The van der Waals surface area contributed by atoms with Crippen molar-refractivity contribution < 1.29 is 10.2 Å². The van der Waals surface area contributed by atoms with Crippen LogP contribution in [0.25, 0.3) is 49.2 Å². The van der Waals surface area contributed by atoms with Crippen molar-refractivity contribution in [1.82, 2.24) is 54.4 Å². The van der Waals surface area contributed by atoms with E-state index in [4.69, 9.17) is 16.6 Å². The molecule has 0 spiro atoms. The van der Waals surface area contributed by atoms with Gasteiger partial charge in [-0.2, -0.15) is 10.2 Å². The third-order valence-corrected chi connectivity index (χ3v) is 16.4. The number of H-pyrrole nitrogens is 1. The predicted molar refractivity (Wildman–Crippen MR) is 314 cm³/mol. The molecule has 6 heterocycles. The van der Waals surface area contributed by atoms with Gasteiger partial charge >= 0.3 is 0 Å². The van der Waals surface area contributed by atoms with Crippen LogP contribution in [0, 0.1) is 5.92 Å². The monoisotopic (exact) mass is 1080 g/mol. The zero-order chi connectivity index (χ0) is 54.7. The maximum Gasteiger partial charge on any atom is 0.261 e. The summed E-state index contributed by atoms with van der Waals surface area (Å²) >= 11 is 5.93. The van der Waals surface area contributed by atoms with E-state index in [1.54, 1.807) is 57.3 Å². The van der Waals surface area contributed by atoms with E-state index < -0.39 is 12.2 Å². The number of halogens is 1. The quantitative estimate of drug-likeness (QED) is 0.0793. The molecule has 3 aliphatic carbocycles. The van der Waals surface area contributed by atoms with Gasteiger partial charge in [0.2, 0.25) is 0 Å². The summed E-state index contributed by atoms with van der Waals surface area (Å²) in [5, 5.41) is 40.5. The van der Waals surface area contributed by atoms with Gasteiger partial charge in [0, 0.05) is 54.0 Å². The highest BCUT2D eigenvalue weighted by molar-refractivity contribution is 6.29. The molecular weight excluding hydrogens is 1010 g/mol. The van der Waals surface area contributed by atoms with Crippen molar-refractivity contribution in [1.29, 1.82) is 0 Å². The Labute approximate surface area is 464 Å². The highest BCUT2D eigenvalue weighted by atomic mass is 35.5. The summed E-state index contributed by atoms with van der Waals surface area (Å²) in [5.74, 6) is 1.72. The molecule has 15 nitrogen and oxygen atoms in total. The van der Waals surface area contributed by atoms with E-state index in [1.165, 1.54) is 32.1 Å². The molecule has 6 atom stereocenters. The van der Waals surface area contributed by atoms with Gasteiger partial charge in [0.15, 0.2) is 5.82 Å². The minimum absolute atomic E-state index is 0.0879. The number of fused-ring (bicyclic) bond motifs is 6. The summed E-state index contributed by atoms with van der Waals surface area (Å²) in [4.78, 5) is 45.1. The summed E-state index contributed by atoms with van der Waals surface area (Å²) in [6, 6.07) is 31.9. The Morgan fingerprint density at radius 1 is 0.608 bits per heavy atom. The molecule has 0 radical (unpaired) electrons. The fourth-order valence-corrected chi connectivity index (χ4v) is 12.1. The third kappa shape index (κ3) is 12.7. The van der Waals surface area contributed by atoms with Crippen molar-refractivity contribution in [3.63, 3.8) is 0 Å². The van der Waals surface area contributed by atoms with Gasteiger partial charge in [-0.25, -0.2) is 24.6 Å². The smallest absolute Gasteiger partial charge is 0.261 e. The Hall–Kier alpha value is -7.43. The van der Waals surface area contributed by atoms with Crippen molar-refractivity contribution in [2.75, 3.05) is 7.05 Å². The second-order valence-corrected chi connectivity index (χ2v) is 21.5. The van der Waals surface area contributed by atoms with Crippen molar-refractivity contribution in [3.8, 4) is 5.82 Å². The van der Waals surface area contributed by atoms with E-state index in [-0.39, 0.29) is 23.2 Å². The van der Waals surface area contributed by atoms with Crippen LogP contribution < -0.4 is 16.4 Å². The van der Waals surface area contributed by atoms with Gasteiger partial charge in [0.1, 0.15) is 5.15 Å². The van der Waals surface area contributed by atoms with Crippen LogP contribution >= 0.6 is 11.6 Å². The number of aromatic amines is 1. The van der Waals surface area contributed by atoms with Gasteiger partial charge in [-0.1, -0.05) is 124 Å². The number of rotatable bonds is 9. The first-order valence-electron chi connectivity index (χ1n) is 28.0. The van der Waals surface area contributed by atoms with Gasteiger partial charge in [-0.05, 0) is 134 Å². The lowest BCUT2D eigenvalue weighted by molar-refractivity contribution is 0.0733. The average molecular weight is 1080 g/mol. The molecule has 3 saturated carbocycles. The van der Waals surface area contributed by atoms with Gasteiger partial charge in [0.25, 0.3) is 11.1 Å². The molecule has 4 N–H and O–H groups in total. The van der Waals surface area contributed by atoms with E-state index in [0.29, 0.717) is 39.8 Å². The molecule has 16 heteroatoms. The highest BCUT2D eigenvalue weighted by Gasteiger charge is 2.28. The van der Waals surface area contributed by atoms with Gasteiger partial charge in [-0.3, -0.25) is 23.8 Å². The van der Waals surface area contributed by atoms with Gasteiger partial charge in [-0.15, -0.1) is 0 Å². The summed E-state index contributed by atoms with van der Waals surface area (Å²) in [5.41, 5.74) is 5.40. The fraction of sp³-hybridized carbons (Fsp3) is 0.365. The van der Waals surface area contributed by atoms with E-state index in [1.807, 2.05) is 91.3 Å². The van der Waals surface area contributed by atoms with Crippen molar-refractivity contribution in [2.24, 2.45) is 5.92 Å². The van der Waals surface area contributed by atoms with Crippen molar-refractivity contribution in [3.05, 3.63) is 195 Å². The Morgan fingerprint density at radius 2 is 1.15 bits per heavy atom. The van der Waals surface area contributed by atoms with E-state index in [9.17, 15) is 19.8 Å². The summed E-state index contributed by atoms with van der Waals surface area (Å²) in [6.45, 7) is 2.31. The number of hydrogen-bond acceptors (Lipinski definition) is 11. The average Bonchev–Trinajstić information content (AvgIpc) is 4.42. The lowest BCUT2D eigenvalue weighted by Gasteiger charge is -2.30. The van der Waals surface area contributed by atoms with E-state index in [2.05, 4.69) is 61.7 Å². The molecule has 0 bridgehead atoms. The molecule has 0 saturated heterocycles. The second kappa shape index (κ2) is 26.0. The zero-order valence-corrected chi connectivity index (χ0v) is 45.8. The van der Waals surface area contributed by atoms with Crippen LogP contribution in [0.1, 0.15) is 125 Å². The first-order valence-corrected chi connectivity index (χ1v) is 28.4. The number of aliphatic hydroxyl groups is 2. The maximum atomic E-state index is 13.6. The minimum Gasteiger partial charge on any atom is -0.391 e. The van der Waals surface area contributed by atoms with E-state index >= 15 is 0 Å². The second-order valence-electron chi connectivity index (χ2n) is 21.1. The number of nitrogens with zero attached hydrogens (tertiary/aromatic N) is 9. The first-order chi connectivity index (χ1) is 38.7. The van der Waals surface area contributed by atoms with Crippen LogP contribution in [0.2, 0.25) is 5.15 Å². The first kappa shape index (κ1) is 54.9. The summed E-state index contributed by atoms with van der Waals surface area (Å²) < 4.78 is 5.00. The van der Waals surface area contributed by atoms with E-state index in [0.717, 1.165) is 113 Å². The van der Waals surface area contributed by atoms with Gasteiger partial charge in [0.05, 0.1) is 58.8 Å². The SMILES string of the molecule is CC[C@@H]1CCCC[C@H]1NC.O=c1c2cc(Cc3ccc(-n4cccn4)nc3)c3ccccc3c2ncn1[C@H]1CCCC[C@@H]1O.O=c1c2cc(Cc3ccc(Cl)nc3)c3ccccc3c2ncn1[C@H]1CCCC[C@@H]1O.c1cn[nH]c1. The minimum atomic E-state index is -0.509. The normalized spacial score (nSPS) is 20.2. The van der Waals surface area contributed by atoms with Crippen LogP contribution in [0.3, 0.4) is 0 Å². The lowest BCUT2D eigenvalue weighted by atomic mass is 9.83. The molecule has 3 aliphatic rings. The molecule has 10 aromatic rings. The number of nitrogens with one attached hydrogen (secondary N) is 2. The molecule has 0 unspecified atom stereocenters. The largest absolute Gasteiger partial charge is 0.391 e. The van der Waals surface area contributed by atoms with Crippen LogP contribution in [0.15, 0.2) is 156 Å². The molecule has 0 aliphatic heterocycles. The number of hydrogen-bond donors (Lipinski definition) is 4. The molecule has 3 fully saturated rings. The maximum absolute atomic E-state index is 13.6. The Bertz CT molecular complexity index is 3670. The van der Waals surface area contributed by atoms with Gasteiger partial charge < -0.3 is 15.5 Å². The predicted octanol–water partition coefficient (Wildman–Crippen LogP) is 11.4. The van der Waals surface area contributed by atoms with Crippen molar-refractivity contribution >= 4 is 55.0 Å². The molecule has 0 amide bonds. The fourth-order valence-electron chi connectivity index (χ4n) is 12.0. The number of benzene rings is 4. The Balaban J connectivity index is 0.000000142. The van der Waals surface area contributed by atoms with Crippen LogP contribution in [0.4, 0.5) is 0 Å². The number of pyridine rings is 2. The molecule has 79 heavy (non-hydrogen) atoms. The highest BCUT2D eigenvalue weighted by Crippen LogP contribution is 2.33. The number of aliphatic hydroxyl groups excluding tert-OH is 2.